The molecule has 1 saturated heterocycles. The van der Waals surface area contributed by atoms with Crippen LogP contribution < -0.4 is 15.0 Å². The molecule has 1 N–H and O–H groups in total. The Balaban J connectivity index is 1.20. The van der Waals surface area contributed by atoms with Crippen LogP contribution in [0.2, 0.25) is 0 Å². The van der Waals surface area contributed by atoms with E-state index in [2.05, 4.69) is 25.1 Å². The van der Waals surface area contributed by atoms with E-state index in [9.17, 15) is 22.4 Å². The highest BCUT2D eigenvalue weighted by Gasteiger charge is 2.31. The molecule has 1 aliphatic heterocycles. The van der Waals surface area contributed by atoms with Gasteiger partial charge in [0, 0.05) is 23.5 Å². The van der Waals surface area contributed by atoms with Gasteiger partial charge in [0.25, 0.3) is 0 Å². The maximum Gasteiger partial charge on any atom is 0.573 e. The van der Waals surface area contributed by atoms with Crippen LogP contribution in [0.1, 0.15) is 43.5 Å². The van der Waals surface area contributed by atoms with E-state index in [4.69, 9.17) is 0 Å². The Morgan fingerprint density at radius 2 is 1.82 bits per heavy atom. The van der Waals surface area contributed by atoms with E-state index < -0.39 is 18.6 Å². The number of rotatable bonds is 8. The third-order valence-electron chi connectivity index (χ3n) is 6.88. The Hall–Kier alpha value is -4.46. The lowest BCUT2D eigenvalue weighted by Gasteiger charge is -2.32. The minimum absolute atomic E-state index is 0.0605. The molecule has 2 amide bonds. The van der Waals surface area contributed by atoms with Crippen molar-refractivity contribution < 1.29 is 31.5 Å². The number of aliphatic imine (C=N–C) groups is 1. The van der Waals surface area contributed by atoms with Gasteiger partial charge in [-0.1, -0.05) is 49.9 Å². The SMILES string of the molecule is CC(C)c1cc(F)ccc1N1CCCS/C1=N\C(=O)NCC(F)c1ccc(-c2ncn(-c3ccc(OC(F)(F)F)cc3)n2)cc1. The number of thioether (sulfide) groups is 1. The zero-order valence-electron chi connectivity index (χ0n) is 24.3. The lowest BCUT2D eigenvalue weighted by atomic mass is 10.00. The van der Waals surface area contributed by atoms with Gasteiger partial charge in [0.15, 0.2) is 11.0 Å². The van der Waals surface area contributed by atoms with Gasteiger partial charge >= 0.3 is 12.4 Å². The van der Waals surface area contributed by atoms with Crippen molar-refractivity contribution in [1.82, 2.24) is 20.1 Å². The highest BCUT2D eigenvalue weighted by molar-refractivity contribution is 8.14. The topological polar surface area (TPSA) is 84.6 Å². The van der Waals surface area contributed by atoms with Gasteiger partial charge in [-0.25, -0.2) is 23.2 Å². The molecule has 0 spiro atoms. The number of hydrogen-bond acceptors (Lipinski definition) is 5. The summed E-state index contributed by atoms with van der Waals surface area (Å²) in [7, 11) is 0. The number of hydrogen-bond donors (Lipinski definition) is 1. The third kappa shape index (κ3) is 8.18. The van der Waals surface area contributed by atoms with Crippen LogP contribution in [0.15, 0.2) is 78.0 Å². The molecule has 1 aromatic heterocycles. The van der Waals surface area contributed by atoms with Gasteiger partial charge in [-0.15, -0.1) is 18.3 Å². The summed E-state index contributed by atoms with van der Waals surface area (Å²) >= 11 is 1.42. The predicted octanol–water partition coefficient (Wildman–Crippen LogP) is 7.82. The van der Waals surface area contributed by atoms with Crippen molar-refractivity contribution in [2.75, 3.05) is 23.7 Å². The monoisotopic (exact) mass is 644 g/mol. The summed E-state index contributed by atoms with van der Waals surface area (Å²) in [6.45, 7) is 4.27. The molecule has 1 atom stereocenters. The van der Waals surface area contributed by atoms with Crippen LogP contribution in [0.25, 0.3) is 17.1 Å². The van der Waals surface area contributed by atoms with Crippen LogP contribution in [0, 0.1) is 5.82 Å². The fourth-order valence-corrected chi connectivity index (χ4v) is 5.64. The maximum atomic E-state index is 15.1. The van der Waals surface area contributed by atoms with Crippen molar-refractivity contribution >= 4 is 28.6 Å². The number of nitrogens with one attached hydrogen (secondary N) is 1. The fraction of sp³-hybridized carbons (Fsp3) is 0.290. The predicted molar refractivity (Wildman–Crippen MR) is 163 cm³/mol. The zero-order valence-corrected chi connectivity index (χ0v) is 25.1. The maximum absolute atomic E-state index is 15.1. The quantitative estimate of drug-likeness (QED) is 0.197. The summed E-state index contributed by atoms with van der Waals surface area (Å²) in [6.07, 6.45) is -4.02. The number of alkyl halides is 4. The van der Waals surface area contributed by atoms with Gasteiger partial charge in [-0.3, -0.25) is 0 Å². The average molecular weight is 645 g/mol. The standard InChI is InChI=1S/C31H29F5N6O2S/c1-19(2)25-16-22(32)8-13-27(25)41-14-3-15-45-30(41)39-29(43)37-17-26(33)20-4-6-21(7-5-20)28-38-18-42(40-28)23-9-11-24(12-10-23)44-31(34,35)36/h4-13,16,18-19,26H,3,14-15,17H2,1-2H3,(H,37,43)/b39-30-. The lowest BCUT2D eigenvalue weighted by Crippen LogP contribution is -2.36. The zero-order chi connectivity index (χ0) is 32.1. The smallest absolute Gasteiger partial charge is 0.406 e. The first-order chi connectivity index (χ1) is 21.5. The van der Waals surface area contributed by atoms with E-state index in [-0.39, 0.29) is 24.0 Å². The highest BCUT2D eigenvalue weighted by Crippen LogP contribution is 2.33. The van der Waals surface area contributed by atoms with Crippen LogP contribution in [-0.2, 0) is 0 Å². The number of urea groups is 1. The molecule has 45 heavy (non-hydrogen) atoms. The van der Waals surface area contributed by atoms with Gasteiger partial charge in [0.1, 0.15) is 24.1 Å². The summed E-state index contributed by atoms with van der Waals surface area (Å²) in [5, 5.41) is 7.35. The number of benzene rings is 3. The molecule has 4 aromatic rings. The van der Waals surface area contributed by atoms with E-state index in [1.807, 2.05) is 18.7 Å². The summed E-state index contributed by atoms with van der Waals surface area (Å²) < 4.78 is 71.5. The molecular formula is C31H29F5N6O2S. The number of carbonyl (C=O) groups excluding carboxylic acids is 1. The minimum Gasteiger partial charge on any atom is -0.406 e. The number of anilines is 1. The Labute approximate surface area is 260 Å². The first-order valence-electron chi connectivity index (χ1n) is 14.1. The number of carbonyl (C=O) groups is 1. The Kier molecular flexibility index (Phi) is 9.71. The molecule has 1 fully saturated rings. The molecule has 0 aliphatic carbocycles. The Bertz CT molecular complexity index is 1660. The second-order valence-corrected chi connectivity index (χ2v) is 11.5. The third-order valence-corrected chi connectivity index (χ3v) is 7.94. The molecule has 0 bridgehead atoms. The summed E-state index contributed by atoms with van der Waals surface area (Å²) in [5.74, 6) is 0.475. The average Bonchev–Trinajstić information content (AvgIpc) is 3.50. The number of aromatic nitrogens is 3. The van der Waals surface area contributed by atoms with Crippen molar-refractivity contribution in [1.29, 1.82) is 0 Å². The molecule has 1 unspecified atom stereocenters. The van der Waals surface area contributed by atoms with E-state index in [0.717, 1.165) is 23.4 Å². The molecule has 8 nitrogen and oxygen atoms in total. The van der Waals surface area contributed by atoms with Gasteiger partial charge in [-0.05, 0) is 65.9 Å². The fourth-order valence-electron chi connectivity index (χ4n) is 4.69. The second-order valence-electron chi connectivity index (χ2n) is 10.4. The Morgan fingerprint density at radius 3 is 2.51 bits per heavy atom. The van der Waals surface area contributed by atoms with E-state index >= 15 is 4.39 Å². The van der Waals surface area contributed by atoms with Gasteiger partial charge < -0.3 is 15.0 Å². The van der Waals surface area contributed by atoms with Crippen molar-refractivity contribution in [3.63, 3.8) is 0 Å². The normalized spacial score (nSPS) is 15.4. The van der Waals surface area contributed by atoms with E-state index in [0.29, 0.717) is 34.4 Å². The van der Waals surface area contributed by atoms with Gasteiger partial charge in [-0.2, -0.15) is 4.99 Å². The Morgan fingerprint density at radius 1 is 1.09 bits per heavy atom. The molecule has 2 heterocycles. The minimum atomic E-state index is -4.78. The first kappa shape index (κ1) is 31.9. The number of halogens is 5. The lowest BCUT2D eigenvalue weighted by molar-refractivity contribution is -0.274. The van der Waals surface area contributed by atoms with Crippen LogP contribution in [0.4, 0.5) is 32.4 Å². The second kappa shape index (κ2) is 13.7. The van der Waals surface area contributed by atoms with Crippen LogP contribution >= 0.6 is 11.8 Å². The summed E-state index contributed by atoms with van der Waals surface area (Å²) in [4.78, 5) is 23.0. The molecule has 0 saturated carbocycles. The molecule has 236 valence electrons. The van der Waals surface area contributed by atoms with Crippen molar-refractivity contribution in [3.8, 4) is 22.8 Å². The molecule has 14 heteroatoms. The highest BCUT2D eigenvalue weighted by atomic mass is 32.2. The van der Waals surface area contributed by atoms with Crippen molar-refractivity contribution in [2.45, 2.75) is 38.7 Å². The molecule has 3 aromatic carbocycles. The number of amides is 2. The first-order valence-corrected chi connectivity index (χ1v) is 15.0. The number of nitrogens with zero attached hydrogens (tertiary/aromatic N) is 5. The van der Waals surface area contributed by atoms with Gasteiger partial charge in [0.05, 0.1) is 12.2 Å². The van der Waals surface area contributed by atoms with Gasteiger partial charge in [0.2, 0.25) is 0 Å². The largest absolute Gasteiger partial charge is 0.573 e. The van der Waals surface area contributed by atoms with E-state index in [1.165, 1.54) is 59.2 Å². The molecular weight excluding hydrogens is 615 g/mol. The molecule has 5 rings (SSSR count). The van der Waals surface area contributed by atoms with Crippen LogP contribution in [0.3, 0.4) is 0 Å². The van der Waals surface area contributed by atoms with Crippen molar-refractivity contribution in [2.24, 2.45) is 4.99 Å². The molecule has 0 radical (unpaired) electrons. The van der Waals surface area contributed by atoms with Crippen LogP contribution in [0.5, 0.6) is 5.75 Å². The van der Waals surface area contributed by atoms with Crippen molar-refractivity contribution in [3.05, 3.63) is 90.0 Å². The van der Waals surface area contributed by atoms with Crippen LogP contribution in [-0.4, -0.2) is 51.2 Å². The molecule has 1 aliphatic rings. The summed E-state index contributed by atoms with van der Waals surface area (Å²) in [5.41, 5.74) is 2.99. The number of amidine groups is 1. The van der Waals surface area contributed by atoms with E-state index in [1.54, 1.807) is 30.3 Å². The number of ether oxygens (including phenoxy) is 1. The summed E-state index contributed by atoms with van der Waals surface area (Å²) in [6, 6.07) is 15.4.